The second kappa shape index (κ2) is 13.5. The second-order valence-corrected chi connectivity index (χ2v) is 8.25. The molecule has 0 aliphatic rings. The highest BCUT2D eigenvalue weighted by Gasteiger charge is 2.24. The van der Waals surface area contributed by atoms with Gasteiger partial charge in [-0.05, 0) is 42.4 Å². The summed E-state index contributed by atoms with van der Waals surface area (Å²) in [7, 11) is 4.98. The van der Waals surface area contributed by atoms with E-state index in [0.29, 0.717) is 31.3 Å². The molecule has 1 aromatic carbocycles. The fourth-order valence-corrected chi connectivity index (χ4v) is 3.29. The molecule has 30 heavy (non-hydrogen) atoms. The molecule has 0 aliphatic heterocycles. The standard InChI is InChI=1S/C23H40N2O5/c1-16(2)19(14-20(24)21(27)15-25(4)17(3)26)12-18-8-9-22(29-6)23(13-18)30-11-7-10-28-5/h8-9,13,16,19-21,27H,7,10-12,14-15,24H2,1-6H3. The zero-order valence-corrected chi connectivity index (χ0v) is 19.4. The molecule has 0 spiro atoms. The number of methoxy groups -OCH3 is 2. The molecule has 7 nitrogen and oxygen atoms in total. The number of carbonyl (C=O) groups excluding carboxylic acids is 1. The maximum Gasteiger partial charge on any atom is 0.219 e. The van der Waals surface area contributed by atoms with Gasteiger partial charge in [-0.1, -0.05) is 19.9 Å². The molecule has 0 radical (unpaired) electrons. The molecule has 7 heteroatoms. The number of nitrogens with two attached hydrogens (primary N) is 1. The first-order valence-corrected chi connectivity index (χ1v) is 10.6. The van der Waals surface area contributed by atoms with E-state index < -0.39 is 12.1 Å². The highest BCUT2D eigenvalue weighted by Crippen LogP contribution is 2.31. The normalized spacial score (nSPS) is 14.3. The third-order valence-electron chi connectivity index (χ3n) is 5.49. The van der Waals surface area contributed by atoms with Gasteiger partial charge in [-0.15, -0.1) is 0 Å². The van der Waals surface area contributed by atoms with Crippen LogP contribution >= 0.6 is 0 Å². The molecule has 1 rings (SSSR count). The smallest absolute Gasteiger partial charge is 0.219 e. The van der Waals surface area contributed by atoms with Gasteiger partial charge in [0.05, 0.1) is 19.8 Å². The SMILES string of the molecule is COCCCOc1cc(CC(CC(N)C(O)CN(C)C(C)=O)C(C)C)ccc1OC. The van der Waals surface area contributed by atoms with Gasteiger partial charge in [0.25, 0.3) is 0 Å². The van der Waals surface area contributed by atoms with Crippen molar-refractivity contribution < 1.29 is 24.1 Å². The number of nitrogens with zero attached hydrogens (tertiary/aromatic N) is 1. The van der Waals surface area contributed by atoms with Crippen LogP contribution in [0.4, 0.5) is 0 Å². The largest absolute Gasteiger partial charge is 0.493 e. The fraction of sp³-hybridized carbons (Fsp3) is 0.696. The maximum atomic E-state index is 11.4. The zero-order chi connectivity index (χ0) is 22.7. The lowest BCUT2D eigenvalue weighted by atomic mass is 9.83. The molecule has 0 saturated heterocycles. The number of aliphatic hydroxyl groups is 1. The number of ether oxygens (including phenoxy) is 3. The molecule has 3 atom stereocenters. The Morgan fingerprint density at radius 3 is 2.47 bits per heavy atom. The van der Waals surface area contributed by atoms with Crippen molar-refractivity contribution in [3.8, 4) is 11.5 Å². The lowest BCUT2D eigenvalue weighted by Crippen LogP contribution is -2.45. The predicted molar refractivity (Wildman–Crippen MR) is 119 cm³/mol. The molecular formula is C23H40N2O5. The van der Waals surface area contributed by atoms with Crippen molar-refractivity contribution in [2.24, 2.45) is 17.6 Å². The molecule has 0 fully saturated rings. The van der Waals surface area contributed by atoms with Gasteiger partial charge in [-0.25, -0.2) is 0 Å². The number of likely N-dealkylation sites (N-methyl/N-ethyl adjacent to an activating group) is 1. The molecule has 3 N–H and O–H groups in total. The van der Waals surface area contributed by atoms with E-state index in [1.165, 1.54) is 11.8 Å². The van der Waals surface area contributed by atoms with E-state index in [4.69, 9.17) is 19.9 Å². The Morgan fingerprint density at radius 2 is 1.90 bits per heavy atom. The van der Waals surface area contributed by atoms with Crippen molar-refractivity contribution in [2.45, 2.75) is 52.2 Å². The van der Waals surface area contributed by atoms with E-state index in [2.05, 4.69) is 13.8 Å². The summed E-state index contributed by atoms with van der Waals surface area (Å²) in [6, 6.07) is 5.59. The summed E-state index contributed by atoms with van der Waals surface area (Å²) in [5.74, 6) is 2.02. The minimum absolute atomic E-state index is 0.0853. The number of rotatable bonds is 14. The third kappa shape index (κ3) is 8.90. The van der Waals surface area contributed by atoms with Gasteiger partial charge in [-0.3, -0.25) is 4.79 Å². The van der Waals surface area contributed by atoms with Gasteiger partial charge in [0.15, 0.2) is 11.5 Å². The van der Waals surface area contributed by atoms with Crippen LogP contribution in [-0.2, 0) is 16.0 Å². The minimum atomic E-state index is -0.754. The van der Waals surface area contributed by atoms with Crippen LogP contribution < -0.4 is 15.2 Å². The molecule has 0 heterocycles. The molecule has 1 amide bonds. The van der Waals surface area contributed by atoms with Crippen LogP contribution in [0.25, 0.3) is 0 Å². The fourth-order valence-electron chi connectivity index (χ4n) is 3.29. The van der Waals surface area contributed by atoms with E-state index >= 15 is 0 Å². The Kier molecular flexibility index (Phi) is 11.8. The van der Waals surface area contributed by atoms with Crippen LogP contribution in [0.15, 0.2) is 18.2 Å². The molecule has 172 valence electrons. The Morgan fingerprint density at radius 1 is 1.20 bits per heavy atom. The summed E-state index contributed by atoms with van der Waals surface area (Å²) in [6.45, 7) is 7.25. The molecule has 0 saturated carbocycles. The number of hydrogen-bond donors (Lipinski definition) is 2. The number of aliphatic hydroxyl groups excluding tert-OH is 1. The van der Waals surface area contributed by atoms with Gasteiger partial charge in [-0.2, -0.15) is 0 Å². The van der Waals surface area contributed by atoms with Crippen molar-refractivity contribution in [2.75, 3.05) is 41.0 Å². The molecule has 0 aromatic heterocycles. The number of carbonyl (C=O) groups is 1. The van der Waals surface area contributed by atoms with Crippen molar-refractivity contribution in [1.29, 1.82) is 0 Å². The first kappa shape index (κ1) is 26.2. The Labute approximate surface area is 181 Å². The number of benzene rings is 1. The van der Waals surface area contributed by atoms with Gasteiger partial charge in [0.2, 0.25) is 5.91 Å². The van der Waals surface area contributed by atoms with Crippen LogP contribution in [0.2, 0.25) is 0 Å². The van der Waals surface area contributed by atoms with Crippen LogP contribution in [0, 0.1) is 11.8 Å². The summed E-state index contributed by atoms with van der Waals surface area (Å²) in [4.78, 5) is 12.9. The average molecular weight is 425 g/mol. The molecule has 3 unspecified atom stereocenters. The third-order valence-corrected chi connectivity index (χ3v) is 5.49. The van der Waals surface area contributed by atoms with Crippen LogP contribution in [-0.4, -0.2) is 69.1 Å². The van der Waals surface area contributed by atoms with Gasteiger partial charge in [0, 0.05) is 46.7 Å². The average Bonchev–Trinajstić information content (AvgIpc) is 2.70. The zero-order valence-electron chi connectivity index (χ0n) is 19.4. The summed E-state index contributed by atoms with van der Waals surface area (Å²) in [5.41, 5.74) is 7.42. The van der Waals surface area contributed by atoms with Crippen molar-refractivity contribution in [1.82, 2.24) is 4.90 Å². The monoisotopic (exact) mass is 424 g/mol. The quantitative estimate of drug-likeness (QED) is 0.446. The topological polar surface area (TPSA) is 94.3 Å². The predicted octanol–water partition coefficient (Wildman–Crippen LogP) is 2.48. The lowest BCUT2D eigenvalue weighted by Gasteiger charge is -2.29. The van der Waals surface area contributed by atoms with E-state index in [9.17, 15) is 9.90 Å². The summed E-state index contributed by atoms with van der Waals surface area (Å²) >= 11 is 0. The Balaban J connectivity index is 2.80. The molecule has 1 aromatic rings. The van der Waals surface area contributed by atoms with Crippen LogP contribution in [0.5, 0.6) is 11.5 Å². The molecule has 0 bridgehead atoms. The first-order chi connectivity index (χ1) is 14.2. The lowest BCUT2D eigenvalue weighted by molar-refractivity contribution is -0.129. The molecular weight excluding hydrogens is 384 g/mol. The highest BCUT2D eigenvalue weighted by atomic mass is 16.5. The number of amides is 1. The summed E-state index contributed by atoms with van der Waals surface area (Å²) in [6.07, 6.45) is 1.54. The van der Waals surface area contributed by atoms with Crippen molar-refractivity contribution in [3.63, 3.8) is 0 Å². The van der Waals surface area contributed by atoms with Crippen molar-refractivity contribution in [3.05, 3.63) is 23.8 Å². The van der Waals surface area contributed by atoms with Gasteiger partial charge >= 0.3 is 0 Å². The van der Waals surface area contributed by atoms with E-state index in [1.807, 2.05) is 18.2 Å². The maximum absolute atomic E-state index is 11.4. The minimum Gasteiger partial charge on any atom is -0.493 e. The van der Waals surface area contributed by atoms with Crippen molar-refractivity contribution >= 4 is 5.91 Å². The summed E-state index contributed by atoms with van der Waals surface area (Å²) in [5, 5.41) is 10.4. The summed E-state index contributed by atoms with van der Waals surface area (Å²) < 4.78 is 16.4. The highest BCUT2D eigenvalue weighted by molar-refractivity contribution is 5.72. The Hall–Kier alpha value is -1.83. The molecule has 0 aliphatic carbocycles. The second-order valence-electron chi connectivity index (χ2n) is 8.25. The van der Waals surface area contributed by atoms with Gasteiger partial charge in [0.1, 0.15) is 0 Å². The van der Waals surface area contributed by atoms with Crippen LogP contribution in [0.1, 0.15) is 39.2 Å². The van der Waals surface area contributed by atoms with E-state index in [-0.39, 0.29) is 18.4 Å². The van der Waals surface area contributed by atoms with Crippen LogP contribution in [0.3, 0.4) is 0 Å². The van der Waals surface area contributed by atoms with E-state index in [1.54, 1.807) is 21.3 Å². The van der Waals surface area contributed by atoms with E-state index in [0.717, 1.165) is 24.2 Å². The first-order valence-electron chi connectivity index (χ1n) is 10.6. The number of hydrogen-bond acceptors (Lipinski definition) is 6. The Bertz CT molecular complexity index is 638. The van der Waals surface area contributed by atoms with Gasteiger partial charge < -0.3 is 30.0 Å².